The number of fused-ring (bicyclic) bond motifs is 2. The molecule has 0 spiro atoms. The molecule has 1 aliphatic heterocycles. The van der Waals surface area contributed by atoms with Crippen molar-refractivity contribution in [2.24, 2.45) is 5.92 Å². The van der Waals surface area contributed by atoms with Crippen LogP contribution < -0.4 is 10.9 Å². The lowest BCUT2D eigenvalue weighted by atomic mass is 10.1. The maximum Gasteiger partial charge on any atom is 0.254 e. The van der Waals surface area contributed by atoms with Gasteiger partial charge in [0.15, 0.2) is 20.1 Å². The summed E-state index contributed by atoms with van der Waals surface area (Å²) in [4.78, 5) is 33.2. The topological polar surface area (TPSA) is 111 Å². The van der Waals surface area contributed by atoms with Crippen molar-refractivity contribution in [1.82, 2.24) is 14.5 Å². The van der Waals surface area contributed by atoms with Gasteiger partial charge in [-0.25, -0.2) is 18.4 Å². The highest BCUT2D eigenvalue weighted by atomic mass is 32.2. The molecule has 4 rings (SSSR count). The van der Waals surface area contributed by atoms with Gasteiger partial charge in [-0.15, -0.1) is 0 Å². The van der Waals surface area contributed by atoms with Crippen LogP contribution in [0.4, 0.5) is 5.13 Å². The Bertz CT molecular complexity index is 1220. The molecule has 1 amide bonds. The fourth-order valence-electron chi connectivity index (χ4n) is 2.71. The van der Waals surface area contributed by atoms with Crippen LogP contribution >= 0.6 is 23.1 Å². The molecule has 8 nitrogen and oxygen atoms in total. The molecule has 0 saturated carbocycles. The molecule has 1 N–H and O–H groups in total. The third-order valence-electron chi connectivity index (χ3n) is 4.10. The van der Waals surface area contributed by atoms with Gasteiger partial charge in [-0.3, -0.25) is 14.2 Å². The highest BCUT2D eigenvalue weighted by Crippen LogP contribution is 2.30. The number of benzene rings is 1. The quantitative estimate of drug-likeness (QED) is 0.639. The first-order valence-electron chi connectivity index (χ1n) is 7.91. The molecule has 11 heteroatoms. The fraction of sp³-hybridized carbons (Fsp3) is 0.250. The van der Waals surface area contributed by atoms with Crippen LogP contribution in [0.25, 0.3) is 10.2 Å². The number of sulfone groups is 1. The molecule has 0 saturated heterocycles. The number of thiazole rings is 1. The van der Waals surface area contributed by atoms with E-state index in [2.05, 4.69) is 15.3 Å². The molecule has 1 unspecified atom stereocenters. The van der Waals surface area contributed by atoms with Gasteiger partial charge >= 0.3 is 0 Å². The van der Waals surface area contributed by atoms with E-state index in [0.717, 1.165) is 6.26 Å². The lowest BCUT2D eigenvalue weighted by molar-refractivity contribution is -0.119. The number of amides is 1. The Balaban J connectivity index is 1.55. The second kappa shape index (κ2) is 6.73. The van der Waals surface area contributed by atoms with E-state index in [9.17, 15) is 18.0 Å². The van der Waals surface area contributed by atoms with Crippen molar-refractivity contribution < 1.29 is 13.2 Å². The summed E-state index contributed by atoms with van der Waals surface area (Å²) in [5.74, 6) is -0.0971. The maximum atomic E-state index is 12.6. The van der Waals surface area contributed by atoms with E-state index < -0.39 is 9.84 Å². The number of hydrogen-bond donors (Lipinski definition) is 1. The van der Waals surface area contributed by atoms with Gasteiger partial charge in [-0.1, -0.05) is 23.1 Å². The minimum atomic E-state index is -3.31. The lowest BCUT2D eigenvalue weighted by Crippen LogP contribution is -2.36. The summed E-state index contributed by atoms with van der Waals surface area (Å²) in [7, 11) is -3.31. The van der Waals surface area contributed by atoms with Crippen molar-refractivity contribution in [3.05, 3.63) is 40.8 Å². The molecule has 0 radical (unpaired) electrons. The predicted octanol–water partition coefficient (Wildman–Crippen LogP) is 1.62. The fourth-order valence-corrected chi connectivity index (χ4v) is 5.40. The molecule has 1 aromatic carbocycles. The average Bonchev–Trinajstić information content (AvgIpc) is 3.02. The van der Waals surface area contributed by atoms with E-state index in [4.69, 9.17) is 0 Å². The third kappa shape index (κ3) is 3.62. The van der Waals surface area contributed by atoms with E-state index in [1.807, 2.05) is 0 Å². The number of carbonyl (C=O) groups excluding carboxylic acids is 1. The van der Waals surface area contributed by atoms with Gasteiger partial charge in [0.25, 0.3) is 5.56 Å². The van der Waals surface area contributed by atoms with Crippen molar-refractivity contribution >= 4 is 54.2 Å². The van der Waals surface area contributed by atoms with E-state index in [1.54, 1.807) is 12.1 Å². The normalized spacial score (nSPS) is 16.9. The van der Waals surface area contributed by atoms with Gasteiger partial charge in [0.05, 0.1) is 21.0 Å². The zero-order valence-corrected chi connectivity index (χ0v) is 16.5. The first-order chi connectivity index (χ1) is 12.8. The second-order valence-corrected chi connectivity index (χ2v) is 10.1. The Morgan fingerprint density at radius 2 is 2.15 bits per heavy atom. The van der Waals surface area contributed by atoms with Gasteiger partial charge in [0.1, 0.15) is 0 Å². The van der Waals surface area contributed by atoms with Crippen LogP contribution in [0, 0.1) is 5.92 Å². The Morgan fingerprint density at radius 1 is 1.33 bits per heavy atom. The summed E-state index contributed by atoms with van der Waals surface area (Å²) in [6.07, 6.45) is 2.61. The third-order valence-corrected chi connectivity index (χ3v) is 7.30. The zero-order valence-electron chi connectivity index (χ0n) is 14.1. The van der Waals surface area contributed by atoms with Crippen LogP contribution in [0.2, 0.25) is 0 Å². The van der Waals surface area contributed by atoms with Crippen molar-refractivity contribution in [2.75, 3.05) is 17.3 Å². The number of carbonyl (C=O) groups is 1. The monoisotopic (exact) mass is 422 g/mol. The number of thioether (sulfide) groups is 1. The summed E-state index contributed by atoms with van der Waals surface area (Å²) in [6, 6.07) is 6.04. The van der Waals surface area contributed by atoms with Crippen LogP contribution in [0.1, 0.15) is 0 Å². The van der Waals surface area contributed by atoms with Crippen LogP contribution in [-0.2, 0) is 21.2 Å². The van der Waals surface area contributed by atoms with Gasteiger partial charge in [0, 0.05) is 30.8 Å². The molecule has 1 atom stereocenters. The number of aromatic nitrogens is 3. The highest BCUT2D eigenvalue weighted by molar-refractivity contribution is 7.99. The van der Waals surface area contributed by atoms with Crippen LogP contribution in [0.5, 0.6) is 0 Å². The first-order valence-corrected chi connectivity index (χ1v) is 11.6. The Hall–Kier alpha value is -2.24. The van der Waals surface area contributed by atoms with Crippen molar-refractivity contribution in [3.8, 4) is 0 Å². The number of rotatable bonds is 3. The Morgan fingerprint density at radius 3 is 2.93 bits per heavy atom. The first kappa shape index (κ1) is 18.1. The summed E-state index contributed by atoms with van der Waals surface area (Å²) in [5.41, 5.74) is 0.435. The van der Waals surface area contributed by atoms with E-state index in [1.165, 1.54) is 46.0 Å². The molecule has 0 aliphatic carbocycles. The van der Waals surface area contributed by atoms with Gasteiger partial charge in [0.2, 0.25) is 5.91 Å². The van der Waals surface area contributed by atoms with Gasteiger partial charge < -0.3 is 5.32 Å². The van der Waals surface area contributed by atoms with Gasteiger partial charge in [-0.2, -0.15) is 0 Å². The van der Waals surface area contributed by atoms with Crippen LogP contribution in [-0.4, -0.2) is 40.9 Å². The van der Waals surface area contributed by atoms with Gasteiger partial charge in [-0.05, 0) is 18.2 Å². The standard InChI is InChI=1S/C16H14N4O4S3/c1-27(23,24)10-2-3-11-12(6-10)26-15(18-11)19-14(22)9-7-20-13(21)4-5-17-16(20)25-8-9/h2-6,9H,7-8H2,1H3,(H,18,19,22). The molecule has 2 aromatic heterocycles. The van der Waals surface area contributed by atoms with Crippen molar-refractivity contribution in [1.29, 1.82) is 0 Å². The summed E-state index contributed by atoms with van der Waals surface area (Å²) < 4.78 is 25.5. The molecule has 1 aliphatic rings. The molecule has 3 heterocycles. The minimum Gasteiger partial charge on any atom is -0.302 e. The molecular weight excluding hydrogens is 408 g/mol. The maximum absolute atomic E-state index is 12.6. The molecule has 0 fully saturated rings. The molecule has 3 aromatic rings. The smallest absolute Gasteiger partial charge is 0.254 e. The Labute approximate surface area is 162 Å². The number of nitrogens with zero attached hydrogens (tertiary/aromatic N) is 3. The van der Waals surface area contributed by atoms with E-state index in [0.29, 0.717) is 26.3 Å². The van der Waals surface area contributed by atoms with E-state index >= 15 is 0 Å². The molecule has 27 heavy (non-hydrogen) atoms. The van der Waals surface area contributed by atoms with Crippen molar-refractivity contribution in [3.63, 3.8) is 0 Å². The SMILES string of the molecule is CS(=O)(=O)c1ccc2nc(NC(=O)C3CSc4nccc(=O)n4C3)sc2c1. The van der Waals surface area contributed by atoms with Crippen molar-refractivity contribution in [2.45, 2.75) is 16.6 Å². The number of anilines is 1. The van der Waals surface area contributed by atoms with E-state index in [-0.39, 0.29) is 28.8 Å². The predicted molar refractivity (Wildman–Crippen MR) is 104 cm³/mol. The van der Waals surface area contributed by atoms with Crippen LogP contribution in [0.3, 0.4) is 0 Å². The second-order valence-electron chi connectivity index (χ2n) is 6.09. The Kier molecular flexibility index (Phi) is 4.52. The zero-order chi connectivity index (χ0) is 19.2. The number of nitrogens with one attached hydrogen (secondary N) is 1. The summed E-state index contributed by atoms with van der Waals surface area (Å²) >= 11 is 2.58. The molecular formula is C16H14N4O4S3. The minimum absolute atomic E-state index is 0.182. The summed E-state index contributed by atoms with van der Waals surface area (Å²) in [6.45, 7) is 0.268. The average molecular weight is 423 g/mol. The lowest BCUT2D eigenvalue weighted by Gasteiger charge is -2.23. The number of hydrogen-bond acceptors (Lipinski definition) is 8. The molecule has 0 bridgehead atoms. The molecule has 140 valence electrons. The highest BCUT2D eigenvalue weighted by Gasteiger charge is 2.27. The van der Waals surface area contributed by atoms with Crippen LogP contribution in [0.15, 0.2) is 45.3 Å². The summed E-state index contributed by atoms with van der Waals surface area (Å²) in [5, 5.41) is 3.79. The largest absolute Gasteiger partial charge is 0.302 e.